The monoisotopic (exact) mass is 624 g/mol. The molecular formula is C31H36N4O8S. The predicted octanol–water partition coefficient (Wildman–Crippen LogP) is 3.64. The molecule has 2 bridgehead atoms. The van der Waals surface area contributed by atoms with E-state index >= 15 is 0 Å². The first-order chi connectivity index (χ1) is 21.0. The average molecular weight is 625 g/mol. The Morgan fingerprint density at radius 3 is 2.55 bits per heavy atom. The van der Waals surface area contributed by atoms with Gasteiger partial charge < -0.3 is 23.7 Å². The van der Waals surface area contributed by atoms with Gasteiger partial charge in [0.25, 0.3) is 5.56 Å². The van der Waals surface area contributed by atoms with E-state index in [-0.39, 0.29) is 30.1 Å². The lowest BCUT2D eigenvalue weighted by atomic mass is 9.92. The number of carbonyl (C=O) groups is 1. The first-order valence-electron chi connectivity index (χ1n) is 14.5. The molecule has 6 rings (SSSR count). The molecule has 4 aromatic rings. The number of morpholine rings is 1. The van der Waals surface area contributed by atoms with Crippen molar-refractivity contribution in [3.05, 3.63) is 68.7 Å². The highest BCUT2D eigenvalue weighted by Crippen LogP contribution is 2.38. The van der Waals surface area contributed by atoms with Gasteiger partial charge in [-0.1, -0.05) is 18.2 Å². The van der Waals surface area contributed by atoms with Crippen molar-refractivity contribution < 1.29 is 28.5 Å². The number of hydrogen-bond donors (Lipinski definition) is 1. The van der Waals surface area contributed by atoms with Gasteiger partial charge in [0.05, 0.1) is 49.4 Å². The normalized spacial score (nSPS) is 21.4. The minimum atomic E-state index is -1.83. The largest absolute Gasteiger partial charge is 0.496 e. The molecule has 234 valence electrons. The van der Waals surface area contributed by atoms with Crippen LogP contribution < -0.4 is 16.0 Å². The van der Waals surface area contributed by atoms with Crippen molar-refractivity contribution in [2.75, 3.05) is 27.4 Å². The standard InChI is InChI=1S/C31H36N4O8S/c1-17-24-27(36)35(31(2,3)29(37)38)30(39)34(28(24)44-25(17)26-32-10-11-42-26)14-23(21-8-6-7-9-22(21)40-5)43-20-12-18-15-41-16-19(13-20)33(18)4/h6-11,18-20,23H,12-16H2,1-5H3,(H,37,38). The number of thiophene rings is 1. The van der Waals surface area contributed by atoms with Crippen LogP contribution in [0, 0.1) is 6.92 Å². The fourth-order valence-corrected chi connectivity index (χ4v) is 7.58. The van der Waals surface area contributed by atoms with Crippen molar-refractivity contribution in [2.24, 2.45) is 0 Å². The highest BCUT2D eigenvalue weighted by atomic mass is 32.1. The number of oxazole rings is 1. The number of carboxylic acids is 1. The third kappa shape index (κ3) is 5.07. The molecule has 2 aliphatic heterocycles. The van der Waals surface area contributed by atoms with Crippen molar-refractivity contribution in [1.29, 1.82) is 0 Å². The second-order valence-electron chi connectivity index (χ2n) is 11.9. The van der Waals surface area contributed by atoms with Gasteiger partial charge in [0.1, 0.15) is 28.5 Å². The third-order valence-electron chi connectivity index (χ3n) is 8.95. The summed E-state index contributed by atoms with van der Waals surface area (Å²) in [4.78, 5) is 48.2. The Balaban J connectivity index is 1.53. The van der Waals surface area contributed by atoms with Crippen LogP contribution in [0.4, 0.5) is 0 Å². The van der Waals surface area contributed by atoms with Gasteiger partial charge in [-0.25, -0.2) is 19.1 Å². The molecule has 0 aliphatic carbocycles. The van der Waals surface area contributed by atoms with Crippen molar-refractivity contribution in [3.63, 3.8) is 0 Å². The Labute approximate surface area is 257 Å². The molecule has 3 atom stereocenters. The lowest BCUT2D eigenvalue weighted by Gasteiger charge is -2.47. The molecule has 0 amide bonds. The van der Waals surface area contributed by atoms with Crippen LogP contribution in [-0.4, -0.2) is 75.7 Å². The molecule has 2 saturated heterocycles. The summed E-state index contributed by atoms with van der Waals surface area (Å²) < 4.78 is 26.2. The van der Waals surface area contributed by atoms with Crippen LogP contribution in [-0.2, 0) is 26.4 Å². The number of methoxy groups -OCH3 is 1. The van der Waals surface area contributed by atoms with E-state index in [0.717, 1.165) is 23.0 Å². The zero-order valence-electron chi connectivity index (χ0n) is 25.3. The Hall–Kier alpha value is -3.78. The Kier molecular flexibility index (Phi) is 7.99. The number of fused-ring (bicyclic) bond motifs is 3. The molecule has 2 fully saturated rings. The maximum Gasteiger partial charge on any atom is 0.333 e. The van der Waals surface area contributed by atoms with Crippen LogP contribution in [0.15, 0.2) is 50.7 Å². The molecule has 44 heavy (non-hydrogen) atoms. The van der Waals surface area contributed by atoms with Crippen molar-refractivity contribution in [3.8, 4) is 16.5 Å². The van der Waals surface area contributed by atoms with Crippen LogP contribution in [0.3, 0.4) is 0 Å². The van der Waals surface area contributed by atoms with E-state index in [1.165, 1.54) is 42.2 Å². The molecule has 3 aromatic heterocycles. The number of hydrogen-bond acceptors (Lipinski definition) is 10. The highest BCUT2D eigenvalue weighted by Gasteiger charge is 2.40. The zero-order valence-corrected chi connectivity index (χ0v) is 26.1. The fraction of sp³-hybridized carbons (Fsp3) is 0.484. The zero-order chi connectivity index (χ0) is 31.3. The minimum Gasteiger partial charge on any atom is -0.496 e. The topological polar surface area (TPSA) is 138 Å². The van der Waals surface area contributed by atoms with Gasteiger partial charge in [-0.2, -0.15) is 0 Å². The number of rotatable bonds is 9. The van der Waals surface area contributed by atoms with E-state index in [2.05, 4.69) is 16.9 Å². The van der Waals surface area contributed by atoms with Crippen molar-refractivity contribution in [1.82, 2.24) is 19.0 Å². The smallest absolute Gasteiger partial charge is 0.333 e. The Bertz CT molecular complexity index is 1790. The molecule has 1 aromatic carbocycles. The first kappa shape index (κ1) is 30.3. The number of aryl methyl sites for hydroxylation is 1. The van der Waals surface area contributed by atoms with Crippen molar-refractivity contribution in [2.45, 2.75) is 70.0 Å². The molecule has 0 spiro atoms. The molecule has 0 saturated carbocycles. The number of piperidine rings is 1. The number of ether oxygens (including phenoxy) is 3. The van der Waals surface area contributed by atoms with E-state index in [4.69, 9.17) is 18.6 Å². The summed E-state index contributed by atoms with van der Waals surface area (Å²) in [6, 6.07) is 7.91. The van der Waals surface area contributed by atoms with Gasteiger partial charge in [-0.3, -0.25) is 14.3 Å². The van der Waals surface area contributed by atoms with Crippen LogP contribution >= 0.6 is 11.3 Å². The van der Waals surface area contributed by atoms with E-state index in [1.54, 1.807) is 14.0 Å². The SMILES string of the molecule is COc1ccccc1C(Cn1c(=O)n(C(C)(C)C(=O)O)c(=O)c2c(C)c(-c3ncco3)sc21)OC1CC2COCC(C1)N2C. The molecular weight excluding hydrogens is 588 g/mol. The molecule has 1 N–H and O–H groups in total. The molecule has 12 nitrogen and oxygen atoms in total. The average Bonchev–Trinajstić information content (AvgIpc) is 3.63. The summed E-state index contributed by atoms with van der Waals surface area (Å²) in [6.45, 7) is 5.70. The van der Waals surface area contributed by atoms with E-state index in [1.807, 2.05) is 24.3 Å². The number of nitrogens with zero attached hydrogens (tertiary/aromatic N) is 4. The highest BCUT2D eigenvalue weighted by molar-refractivity contribution is 7.22. The quantitative estimate of drug-likeness (QED) is 0.294. The van der Waals surface area contributed by atoms with E-state index in [9.17, 15) is 19.5 Å². The summed E-state index contributed by atoms with van der Waals surface area (Å²) in [7, 11) is 3.69. The number of likely N-dealkylation sites (N-methyl/N-ethyl adjacent to an activating group) is 1. The maximum atomic E-state index is 14.3. The fourth-order valence-electron chi connectivity index (χ4n) is 6.34. The van der Waals surface area contributed by atoms with Gasteiger partial charge in [0.15, 0.2) is 0 Å². The molecule has 13 heteroatoms. The van der Waals surface area contributed by atoms with E-state index < -0.39 is 28.9 Å². The van der Waals surface area contributed by atoms with Crippen LogP contribution in [0.25, 0.3) is 21.0 Å². The second kappa shape index (κ2) is 11.6. The van der Waals surface area contributed by atoms with Gasteiger partial charge in [0.2, 0.25) is 5.89 Å². The molecule has 5 heterocycles. The number of aromatic nitrogens is 3. The van der Waals surface area contributed by atoms with Gasteiger partial charge in [-0.05, 0) is 52.3 Å². The van der Waals surface area contributed by atoms with Gasteiger partial charge in [0, 0.05) is 17.6 Å². The van der Waals surface area contributed by atoms with Gasteiger partial charge >= 0.3 is 11.7 Å². The summed E-state index contributed by atoms with van der Waals surface area (Å²) in [5.74, 6) is -0.398. The third-order valence-corrected chi connectivity index (χ3v) is 10.3. The summed E-state index contributed by atoms with van der Waals surface area (Å²) in [6.07, 6.45) is 3.66. The number of benzene rings is 1. The number of para-hydroxylation sites is 1. The molecule has 2 aliphatic rings. The predicted molar refractivity (Wildman–Crippen MR) is 164 cm³/mol. The Morgan fingerprint density at radius 1 is 1.20 bits per heavy atom. The number of aliphatic carboxylic acids is 1. The second-order valence-corrected chi connectivity index (χ2v) is 12.9. The lowest BCUT2D eigenvalue weighted by molar-refractivity contribution is -0.146. The molecule has 3 unspecified atom stereocenters. The number of carboxylic acid groups (broad SMARTS) is 1. The summed E-state index contributed by atoms with van der Waals surface area (Å²) in [5, 5.41) is 10.3. The van der Waals surface area contributed by atoms with Crippen LogP contribution in [0.5, 0.6) is 5.75 Å². The maximum absolute atomic E-state index is 14.3. The first-order valence-corrected chi connectivity index (χ1v) is 15.3. The van der Waals surface area contributed by atoms with Crippen molar-refractivity contribution >= 4 is 27.5 Å². The van der Waals surface area contributed by atoms with Crippen LogP contribution in [0.2, 0.25) is 0 Å². The van der Waals surface area contributed by atoms with E-state index in [0.29, 0.717) is 40.1 Å². The Morgan fingerprint density at radius 2 is 1.91 bits per heavy atom. The van der Waals surface area contributed by atoms with Crippen LogP contribution in [0.1, 0.15) is 43.9 Å². The minimum absolute atomic E-state index is 0.00876. The summed E-state index contributed by atoms with van der Waals surface area (Å²) >= 11 is 1.21. The molecule has 0 radical (unpaired) electrons. The lowest BCUT2D eigenvalue weighted by Crippen LogP contribution is -2.56. The van der Waals surface area contributed by atoms with Gasteiger partial charge in [-0.15, -0.1) is 11.3 Å². The summed E-state index contributed by atoms with van der Waals surface area (Å²) in [5.41, 5.74) is -1.95.